The van der Waals surface area contributed by atoms with Gasteiger partial charge in [0.05, 0.1) is 0 Å². The average Bonchev–Trinajstić information content (AvgIpc) is 2.20. The Hall–Kier alpha value is -0.160. The minimum Gasteiger partial charge on any atom is -0.219 e. The third-order valence-electron chi connectivity index (χ3n) is 2.42. The van der Waals surface area contributed by atoms with E-state index in [2.05, 4.69) is 17.0 Å². The predicted molar refractivity (Wildman–Crippen MR) is 58.0 cm³/mol. The van der Waals surface area contributed by atoms with Crippen LogP contribution in [0.15, 0.2) is 0 Å². The Labute approximate surface area is 92.3 Å². The van der Waals surface area contributed by atoms with E-state index in [1.165, 1.54) is 32.1 Å². The monoisotopic (exact) mass is 220 g/mol. The molecule has 0 aliphatic rings. The number of hydrogen-bond donors (Lipinski definition) is 1. The molecule has 15 heavy (non-hydrogen) atoms. The summed E-state index contributed by atoms with van der Waals surface area (Å²) in [7, 11) is 0. The van der Waals surface area contributed by atoms with Gasteiger partial charge in [0.25, 0.3) is 0 Å². The quantitative estimate of drug-likeness (QED) is 0.345. The van der Waals surface area contributed by atoms with Crippen LogP contribution in [0.4, 0.5) is 0 Å². The van der Waals surface area contributed by atoms with Crippen molar-refractivity contribution in [3.05, 3.63) is 0 Å². The first-order chi connectivity index (χ1) is 7.12. The zero-order valence-corrected chi connectivity index (χ0v) is 10.1. The Morgan fingerprint density at radius 3 is 2.20 bits per heavy atom. The van der Waals surface area contributed by atoms with Crippen molar-refractivity contribution in [2.45, 2.75) is 71.3 Å². The second-order valence-electron chi connectivity index (χ2n) is 4.50. The van der Waals surface area contributed by atoms with Crippen LogP contribution in [-0.4, -0.2) is 10.9 Å². The summed E-state index contributed by atoms with van der Waals surface area (Å²) in [6.45, 7) is 6.01. The third-order valence-corrected chi connectivity index (χ3v) is 2.42. The molecule has 4 heteroatoms. The average molecular weight is 220 g/mol. The van der Waals surface area contributed by atoms with Crippen molar-refractivity contribution in [2.24, 2.45) is 0 Å². The van der Waals surface area contributed by atoms with Gasteiger partial charge in [0.15, 0.2) is 0 Å². The molecular weight excluding hydrogens is 196 g/mol. The lowest BCUT2D eigenvalue weighted by atomic mass is 10.00. The van der Waals surface area contributed by atoms with Gasteiger partial charge in [-0.1, -0.05) is 45.4 Å². The van der Waals surface area contributed by atoms with Crippen LogP contribution in [0, 0.1) is 0 Å². The molecule has 92 valence electrons. The summed E-state index contributed by atoms with van der Waals surface area (Å²) >= 11 is 0. The standard InChI is InChI=1S/C11H24O4/c1-4-5-6-7-8-9-10-11(2,3)13-15-14-12/h12H,4-10H2,1-3H3. The van der Waals surface area contributed by atoms with Gasteiger partial charge in [-0.25, -0.2) is 5.26 Å². The van der Waals surface area contributed by atoms with Crippen molar-refractivity contribution < 1.29 is 20.2 Å². The van der Waals surface area contributed by atoms with E-state index in [1.54, 1.807) is 0 Å². The van der Waals surface area contributed by atoms with Gasteiger partial charge in [-0.05, 0) is 30.3 Å². The van der Waals surface area contributed by atoms with Crippen molar-refractivity contribution in [3.8, 4) is 0 Å². The minimum absolute atomic E-state index is 0.409. The molecule has 0 saturated heterocycles. The Morgan fingerprint density at radius 2 is 1.60 bits per heavy atom. The summed E-state index contributed by atoms with van der Waals surface area (Å²) in [4.78, 5) is 4.83. The summed E-state index contributed by atoms with van der Waals surface area (Å²) < 4.78 is 0. The molecule has 0 aliphatic heterocycles. The molecule has 0 heterocycles. The summed E-state index contributed by atoms with van der Waals surface area (Å²) in [5.41, 5.74) is -0.409. The molecule has 1 N–H and O–H groups in total. The first kappa shape index (κ1) is 14.8. The van der Waals surface area contributed by atoms with Crippen LogP contribution in [-0.2, 0) is 15.0 Å². The largest absolute Gasteiger partial charge is 0.219 e. The van der Waals surface area contributed by atoms with Crippen molar-refractivity contribution in [1.82, 2.24) is 0 Å². The van der Waals surface area contributed by atoms with Crippen molar-refractivity contribution >= 4 is 0 Å². The van der Waals surface area contributed by atoms with Crippen LogP contribution in [0.1, 0.15) is 65.7 Å². The van der Waals surface area contributed by atoms with Crippen LogP contribution in [0.3, 0.4) is 0 Å². The highest BCUT2D eigenvalue weighted by Crippen LogP contribution is 2.19. The molecule has 0 aliphatic carbocycles. The van der Waals surface area contributed by atoms with Gasteiger partial charge >= 0.3 is 0 Å². The molecular formula is C11H24O4. The number of unbranched alkanes of at least 4 members (excludes halogenated alkanes) is 5. The van der Waals surface area contributed by atoms with Gasteiger partial charge in [-0.3, -0.25) is 0 Å². The van der Waals surface area contributed by atoms with Gasteiger partial charge in [-0.15, -0.1) is 0 Å². The molecule has 0 aromatic rings. The van der Waals surface area contributed by atoms with E-state index in [0.29, 0.717) is 0 Å². The Kier molecular flexibility index (Phi) is 9.00. The topological polar surface area (TPSA) is 47.9 Å². The highest BCUT2D eigenvalue weighted by Gasteiger charge is 2.19. The van der Waals surface area contributed by atoms with Crippen LogP contribution >= 0.6 is 0 Å². The Morgan fingerprint density at radius 1 is 1.00 bits per heavy atom. The third kappa shape index (κ3) is 10.1. The molecule has 0 bridgehead atoms. The minimum atomic E-state index is -0.409. The van der Waals surface area contributed by atoms with E-state index in [4.69, 9.17) is 10.1 Å². The van der Waals surface area contributed by atoms with Crippen LogP contribution in [0.2, 0.25) is 0 Å². The smallest absolute Gasteiger partial charge is 0.101 e. The van der Waals surface area contributed by atoms with Crippen LogP contribution < -0.4 is 0 Å². The molecule has 0 aromatic heterocycles. The normalized spacial score (nSPS) is 12.0. The molecule has 0 fully saturated rings. The van der Waals surface area contributed by atoms with Gasteiger partial charge in [0.1, 0.15) is 5.60 Å². The molecule has 0 atom stereocenters. The van der Waals surface area contributed by atoms with E-state index in [9.17, 15) is 0 Å². The lowest BCUT2D eigenvalue weighted by Gasteiger charge is -2.21. The van der Waals surface area contributed by atoms with Gasteiger partial charge < -0.3 is 0 Å². The van der Waals surface area contributed by atoms with Crippen molar-refractivity contribution in [2.75, 3.05) is 0 Å². The van der Waals surface area contributed by atoms with Gasteiger partial charge in [-0.2, -0.15) is 4.89 Å². The molecule has 0 radical (unpaired) electrons. The maximum Gasteiger partial charge on any atom is 0.101 e. The predicted octanol–water partition coefficient (Wildman–Crippen LogP) is 3.87. The van der Waals surface area contributed by atoms with Gasteiger partial charge in [0, 0.05) is 0 Å². The van der Waals surface area contributed by atoms with Gasteiger partial charge in [0.2, 0.25) is 0 Å². The zero-order valence-electron chi connectivity index (χ0n) is 10.1. The second-order valence-corrected chi connectivity index (χ2v) is 4.50. The fourth-order valence-corrected chi connectivity index (χ4v) is 1.48. The first-order valence-electron chi connectivity index (χ1n) is 5.78. The highest BCUT2D eigenvalue weighted by molar-refractivity contribution is 4.66. The second kappa shape index (κ2) is 9.09. The van der Waals surface area contributed by atoms with Crippen molar-refractivity contribution in [1.29, 1.82) is 0 Å². The fourth-order valence-electron chi connectivity index (χ4n) is 1.48. The molecule has 4 nitrogen and oxygen atoms in total. The molecule has 0 aromatic carbocycles. The van der Waals surface area contributed by atoms with E-state index in [1.807, 2.05) is 13.8 Å². The Bertz CT molecular complexity index is 137. The summed E-state index contributed by atoms with van der Waals surface area (Å²) in [5, 5.41) is 15.4. The first-order valence-corrected chi connectivity index (χ1v) is 5.78. The number of hydrogen-bond acceptors (Lipinski definition) is 4. The molecule has 0 spiro atoms. The molecule has 0 unspecified atom stereocenters. The highest BCUT2D eigenvalue weighted by atomic mass is 17.6. The van der Waals surface area contributed by atoms with E-state index >= 15 is 0 Å². The maximum atomic E-state index is 7.95. The summed E-state index contributed by atoms with van der Waals surface area (Å²) in [5.74, 6) is 0. The number of rotatable bonds is 10. The zero-order chi connectivity index (χ0) is 11.6. The van der Waals surface area contributed by atoms with E-state index in [0.717, 1.165) is 12.8 Å². The lowest BCUT2D eigenvalue weighted by Crippen LogP contribution is -2.24. The summed E-state index contributed by atoms with van der Waals surface area (Å²) in [6.07, 6.45) is 8.40. The Balaban J connectivity index is 3.32. The lowest BCUT2D eigenvalue weighted by molar-refractivity contribution is -0.640. The van der Waals surface area contributed by atoms with E-state index < -0.39 is 5.60 Å². The van der Waals surface area contributed by atoms with Crippen molar-refractivity contribution in [3.63, 3.8) is 0 Å². The molecule has 0 amide bonds. The maximum absolute atomic E-state index is 7.95. The van der Waals surface area contributed by atoms with E-state index in [-0.39, 0.29) is 0 Å². The molecule has 0 rings (SSSR count). The SMILES string of the molecule is CCCCCCCCC(C)(C)OOOO. The van der Waals surface area contributed by atoms with Crippen LogP contribution in [0.25, 0.3) is 0 Å². The fraction of sp³-hybridized carbons (Fsp3) is 1.00. The molecule has 0 saturated carbocycles. The van der Waals surface area contributed by atoms with Crippen LogP contribution in [0.5, 0.6) is 0 Å². The summed E-state index contributed by atoms with van der Waals surface area (Å²) in [6, 6.07) is 0.